The fourth-order valence-electron chi connectivity index (χ4n) is 1.66. The molecule has 0 saturated carbocycles. The number of aromatic nitrogens is 1. The lowest BCUT2D eigenvalue weighted by atomic mass is 10.2. The van der Waals surface area contributed by atoms with Crippen LogP contribution in [0.3, 0.4) is 0 Å². The van der Waals surface area contributed by atoms with E-state index in [9.17, 15) is 5.11 Å². The molecule has 2 heterocycles. The van der Waals surface area contributed by atoms with Gasteiger partial charge in [0.2, 0.25) is 0 Å². The summed E-state index contributed by atoms with van der Waals surface area (Å²) in [6.45, 7) is 4.13. The van der Waals surface area contributed by atoms with Crippen LogP contribution < -0.4 is 0 Å². The zero-order valence-electron chi connectivity index (χ0n) is 9.60. The van der Waals surface area contributed by atoms with Crippen molar-refractivity contribution in [3.05, 3.63) is 15.6 Å². The van der Waals surface area contributed by atoms with E-state index in [0.29, 0.717) is 5.25 Å². The monoisotopic (exact) mass is 275 g/mol. The minimum absolute atomic E-state index is 0.234. The fourth-order valence-corrected chi connectivity index (χ4v) is 5.42. The van der Waals surface area contributed by atoms with Gasteiger partial charge in [-0.15, -0.1) is 11.3 Å². The van der Waals surface area contributed by atoms with Crippen molar-refractivity contribution < 1.29 is 5.11 Å². The molecule has 5 heteroatoms. The van der Waals surface area contributed by atoms with Crippen LogP contribution in [-0.4, -0.2) is 38.7 Å². The highest BCUT2D eigenvalue weighted by atomic mass is 32.2. The summed E-state index contributed by atoms with van der Waals surface area (Å²) < 4.78 is 0. The maximum absolute atomic E-state index is 10.2. The van der Waals surface area contributed by atoms with Crippen LogP contribution in [0.4, 0.5) is 0 Å². The van der Waals surface area contributed by atoms with Gasteiger partial charge >= 0.3 is 0 Å². The molecule has 1 fully saturated rings. The molecule has 2 atom stereocenters. The van der Waals surface area contributed by atoms with Gasteiger partial charge in [0.1, 0.15) is 0 Å². The van der Waals surface area contributed by atoms with E-state index >= 15 is 0 Å². The van der Waals surface area contributed by atoms with Gasteiger partial charge in [0.05, 0.1) is 16.8 Å². The van der Waals surface area contributed by atoms with E-state index in [4.69, 9.17) is 0 Å². The quantitative estimate of drug-likeness (QED) is 0.919. The first-order valence-electron chi connectivity index (χ1n) is 5.47. The molecule has 0 amide bonds. The maximum atomic E-state index is 10.2. The molecule has 2 rings (SSSR count). The summed E-state index contributed by atoms with van der Waals surface area (Å²) in [5.41, 5.74) is 1.11. The lowest BCUT2D eigenvalue weighted by molar-refractivity contribution is 0.177. The highest BCUT2D eigenvalue weighted by Gasteiger charge is 2.23. The van der Waals surface area contributed by atoms with Gasteiger partial charge in [0.25, 0.3) is 0 Å². The molecule has 1 aliphatic rings. The van der Waals surface area contributed by atoms with E-state index < -0.39 is 0 Å². The van der Waals surface area contributed by atoms with Crippen LogP contribution in [0, 0.1) is 13.8 Å². The van der Waals surface area contributed by atoms with E-state index in [1.807, 2.05) is 30.4 Å². The molecule has 2 unspecified atom stereocenters. The molecule has 0 bridgehead atoms. The van der Waals surface area contributed by atoms with Crippen LogP contribution in [-0.2, 0) is 6.42 Å². The van der Waals surface area contributed by atoms with Gasteiger partial charge in [0.15, 0.2) is 0 Å². The first-order valence-corrected chi connectivity index (χ1v) is 8.49. The third-order valence-corrected chi connectivity index (χ3v) is 6.73. The second-order valence-corrected chi connectivity index (χ2v) is 7.79. The molecule has 1 aromatic heterocycles. The van der Waals surface area contributed by atoms with E-state index in [1.54, 1.807) is 11.3 Å². The number of hydrogen-bond donors (Lipinski definition) is 1. The van der Waals surface area contributed by atoms with Crippen LogP contribution in [0.2, 0.25) is 0 Å². The molecule has 0 spiro atoms. The Morgan fingerprint density at radius 3 is 2.81 bits per heavy atom. The second kappa shape index (κ2) is 5.76. The average molecular weight is 275 g/mol. The van der Waals surface area contributed by atoms with Crippen molar-refractivity contribution in [1.82, 2.24) is 4.98 Å². The summed E-state index contributed by atoms with van der Waals surface area (Å²) >= 11 is 5.58. The maximum Gasteiger partial charge on any atom is 0.0957 e. The first-order chi connectivity index (χ1) is 7.66. The summed E-state index contributed by atoms with van der Waals surface area (Å²) in [7, 11) is 0. The van der Waals surface area contributed by atoms with Crippen molar-refractivity contribution >= 4 is 34.9 Å². The second-order valence-electron chi connectivity index (χ2n) is 4.00. The molecule has 0 aromatic carbocycles. The van der Waals surface area contributed by atoms with Gasteiger partial charge in [-0.25, -0.2) is 4.98 Å². The SMILES string of the molecule is Cc1nc(CC(O)C2CSCCS2)sc1C. The normalized spacial score (nSPS) is 23.3. The van der Waals surface area contributed by atoms with E-state index in [-0.39, 0.29) is 6.10 Å². The Labute approximate surface area is 109 Å². The summed E-state index contributed by atoms with van der Waals surface area (Å²) in [6.07, 6.45) is 0.486. The van der Waals surface area contributed by atoms with Crippen molar-refractivity contribution in [2.45, 2.75) is 31.6 Å². The predicted molar refractivity (Wildman–Crippen MR) is 74.9 cm³/mol. The third-order valence-electron chi connectivity index (χ3n) is 2.73. The summed E-state index contributed by atoms with van der Waals surface area (Å²) in [6, 6.07) is 0. The molecule has 1 aliphatic heterocycles. The van der Waals surface area contributed by atoms with E-state index in [0.717, 1.165) is 22.9 Å². The lowest BCUT2D eigenvalue weighted by Crippen LogP contribution is -2.30. The Morgan fingerprint density at radius 1 is 1.44 bits per heavy atom. The highest BCUT2D eigenvalue weighted by molar-refractivity contribution is 8.06. The van der Waals surface area contributed by atoms with Gasteiger partial charge in [-0.05, 0) is 13.8 Å². The number of aliphatic hydroxyl groups is 1. The summed E-state index contributed by atoms with van der Waals surface area (Å²) in [4.78, 5) is 5.76. The van der Waals surface area contributed by atoms with Gasteiger partial charge in [-0.1, -0.05) is 0 Å². The van der Waals surface area contributed by atoms with Gasteiger partial charge < -0.3 is 5.11 Å². The predicted octanol–water partition coefficient (Wildman–Crippen LogP) is 2.51. The summed E-state index contributed by atoms with van der Waals surface area (Å²) in [5.74, 6) is 3.47. The van der Waals surface area contributed by atoms with Crippen LogP contribution >= 0.6 is 34.9 Å². The van der Waals surface area contributed by atoms with Crippen LogP contribution in [0.15, 0.2) is 0 Å². The smallest absolute Gasteiger partial charge is 0.0957 e. The topological polar surface area (TPSA) is 33.1 Å². The van der Waals surface area contributed by atoms with Gasteiger partial charge in [-0.2, -0.15) is 23.5 Å². The number of hydrogen-bond acceptors (Lipinski definition) is 5. The Morgan fingerprint density at radius 2 is 2.25 bits per heavy atom. The number of aliphatic hydroxyl groups excluding tert-OH is 1. The van der Waals surface area contributed by atoms with Crippen molar-refractivity contribution in [3.8, 4) is 0 Å². The summed E-state index contributed by atoms with van der Waals surface area (Å²) in [5, 5.41) is 11.6. The minimum atomic E-state index is -0.234. The average Bonchev–Trinajstić information content (AvgIpc) is 2.59. The molecule has 90 valence electrons. The minimum Gasteiger partial charge on any atom is -0.392 e. The number of rotatable bonds is 3. The van der Waals surface area contributed by atoms with Crippen LogP contribution in [0.25, 0.3) is 0 Å². The Bertz CT molecular complexity index is 327. The molecule has 16 heavy (non-hydrogen) atoms. The number of thiazole rings is 1. The van der Waals surface area contributed by atoms with E-state index in [1.165, 1.54) is 16.4 Å². The Kier molecular flexibility index (Phi) is 4.58. The molecule has 0 aliphatic carbocycles. The van der Waals surface area contributed by atoms with Gasteiger partial charge in [0, 0.05) is 33.8 Å². The Balaban J connectivity index is 1.93. The van der Waals surface area contributed by atoms with Crippen LogP contribution in [0.1, 0.15) is 15.6 Å². The Hall–Kier alpha value is 0.290. The number of aryl methyl sites for hydroxylation is 2. The first kappa shape index (κ1) is 12.7. The highest BCUT2D eigenvalue weighted by Crippen LogP contribution is 2.28. The van der Waals surface area contributed by atoms with Crippen molar-refractivity contribution in [1.29, 1.82) is 0 Å². The van der Waals surface area contributed by atoms with Gasteiger partial charge in [-0.3, -0.25) is 0 Å². The molecular weight excluding hydrogens is 258 g/mol. The lowest BCUT2D eigenvalue weighted by Gasteiger charge is -2.25. The molecule has 1 aromatic rings. The molecular formula is C11H17NOS3. The van der Waals surface area contributed by atoms with E-state index in [2.05, 4.69) is 11.9 Å². The van der Waals surface area contributed by atoms with Crippen molar-refractivity contribution in [3.63, 3.8) is 0 Å². The number of nitrogens with zero attached hydrogens (tertiary/aromatic N) is 1. The van der Waals surface area contributed by atoms with Crippen molar-refractivity contribution in [2.75, 3.05) is 17.3 Å². The largest absolute Gasteiger partial charge is 0.392 e. The molecule has 1 saturated heterocycles. The zero-order chi connectivity index (χ0) is 11.5. The molecule has 0 radical (unpaired) electrons. The van der Waals surface area contributed by atoms with Crippen LogP contribution in [0.5, 0.6) is 0 Å². The molecule has 1 N–H and O–H groups in total. The zero-order valence-corrected chi connectivity index (χ0v) is 12.1. The fraction of sp³-hybridized carbons (Fsp3) is 0.727. The molecule has 2 nitrogen and oxygen atoms in total. The standard InChI is InChI=1S/C11H17NOS3/c1-7-8(2)16-11(12-7)5-9(13)10-6-14-3-4-15-10/h9-10,13H,3-6H2,1-2H3. The number of thioether (sulfide) groups is 2. The van der Waals surface area contributed by atoms with Crippen molar-refractivity contribution in [2.24, 2.45) is 0 Å². The third kappa shape index (κ3) is 3.15.